The lowest BCUT2D eigenvalue weighted by Crippen LogP contribution is -2.48. The second-order valence-electron chi connectivity index (χ2n) is 7.50. The molecule has 0 spiro atoms. The van der Waals surface area contributed by atoms with Crippen molar-refractivity contribution < 1.29 is 40.2 Å². The minimum atomic E-state index is -4.38. The van der Waals surface area contributed by atoms with Crippen LogP contribution in [0.1, 0.15) is 26.2 Å². The maximum Gasteiger partial charge on any atom is 0.147 e. The lowest BCUT2D eigenvalue weighted by Gasteiger charge is -2.36. The van der Waals surface area contributed by atoms with Crippen LogP contribution in [0.25, 0.3) is 0 Å². The lowest BCUT2D eigenvalue weighted by atomic mass is 9.96. The first-order valence-electron chi connectivity index (χ1n) is 8.64. The zero-order chi connectivity index (χ0) is 20.2. The summed E-state index contributed by atoms with van der Waals surface area (Å²) in [5.41, 5.74) is 0. The average molecular weight is 434 g/mol. The zero-order valence-corrected chi connectivity index (χ0v) is 17.8. The van der Waals surface area contributed by atoms with Gasteiger partial charge in [-0.2, -0.15) is 0 Å². The van der Waals surface area contributed by atoms with E-state index in [0.29, 0.717) is 30.7 Å². The van der Waals surface area contributed by atoms with Gasteiger partial charge < -0.3 is 23.4 Å². The number of likely N-dealkylation sites (tertiary alicyclic amines) is 1. The molecular formula is C14H29NO8PS2-. The van der Waals surface area contributed by atoms with Gasteiger partial charge in [-0.05, 0) is 6.42 Å². The molecule has 1 rings (SSSR count). The molecule has 1 aliphatic rings. The highest BCUT2D eigenvalue weighted by Crippen LogP contribution is 2.36. The highest BCUT2D eigenvalue weighted by Gasteiger charge is 2.44. The molecule has 1 aliphatic heterocycles. The summed E-state index contributed by atoms with van der Waals surface area (Å²) >= 11 is 0. The fourth-order valence-corrected chi connectivity index (χ4v) is 6.25. The van der Waals surface area contributed by atoms with Crippen molar-refractivity contribution >= 4 is 27.6 Å². The van der Waals surface area contributed by atoms with Gasteiger partial charge in [0.05, 0.1) is 42.1 Å². The van der Waals surface area contributed by atoms with Gasteiger partial charge in [0.2, 0.25) is 0 Å². The smallest absolute Gasteiger partial charge is 0.147 e. The van der Waals surface area contributed by atoms with Gasteiger partial charge >= 0.3 is 0 Å². The first-order chi connectivity index (χ1) is 11.6. The number of hydrogen-bond acceptors (Lipinski definition) is 7. The fraction of sp³-hybridized carbons (Fsp3) is 1.00. The van der Waals surface area contributed by atoms with Crippen LogP contribution in [0.5, 0.6) is 0 Å². The van der Waals surface area contributed by atoms with Crippen molar-refractivity contribution in [1.82, 2.24) is 0 Å². The summed E-state index contributed by atoms with van der Waals surface area (Å²) < 4.78 is 67.4. The van der Waals surface area contributed by atoms with Crippen molar-refractivity contribution in [3.63, 3.8) is 0 Å². The Morgan fingerprint density at radius 2 is 1.65 bits per heavy atom. The van der Waals surface area contributed by atoms with Crippen LogP contribution < -0.4 is 4.89 Å². The summed E-state index contributed by atoms with van der Waals surface area (Å²) in [5, 5.41) is 0. The molecule has 1 saturated heterocycles. The highest BCUT2D eigenvalue weighted by atomic mass is 32.2. The van der Waals surface area contributed by atoms with Crippen LogP contribution in [0.15, 0.2) is 0 Å². The SMILES string of the molecule is CCC1C[N+](CCCP(=O)([O-])O)(CCCS(=O)(=O)[O-])CC1CS(C)(=O)=O. The largest absolute Gasteiger partial charge is 0.779 e. The van der Waals surface area contributed by atoms with Gasteiger partial charge in [-0.25, -0.2) is 16.8 Å². The molecule has 0 aromatic heterocycles. The summed E-state index contributed by atoms with van der Waals surface area (Å²) in [7, 11) is -11.9. The third-order valence-corrected chi connectivity index (χ3v) is 7.76. The van der Waals surface area contributed by atoms with Crippen molar-refractivity contribution in [1.29, 1.82) is 0 Å². The van der Waals surface area contributed by atoms with Crippen LogP contribution in [0.4, 0.5) is 0 Å². The van der Waals surface area contributed by atoms with E-state index in [9.17, 15) is 30.8 Å². The molecule has 0 saturated carbocycles. The van der Waals surface area contributed by atoms with Crippen LogP contribution >= 0.6 is 7.60 Å². The van der Waals surface area contributed by atoms with E-state index in [1.54, 1.807) is 0 Å². The second kappa shape index (κ2) is 8.98. The van der Waals surface area contributed by atoms with E-state index in [-0.39, 0.29) is 36.6 Å². The van der Waals surface area contributed by atoms with Crippen molar-refractivity contribution in [3.05, 3.63) is 0 Å². The van der Waals surface area contributed by atoms with E-state index in [1.165, 1.54) is 6.26 Å². The summed E-state index contributed by atoms with van der Waals surface area (Å²) in [4.78, 5) is 20.0. The summed E-state index contributed by atoms with van der Waals surface area (Å²) in [6.45, 7) is 3.83. The molecule has 0 aromatic carbocycles. The van der Waals surface area contributed by atoms with E-state index < -0.39 is 33.3 Å². The number of nitrogens with zero attached hydrogens (tertiary/aromatic N) is 1. The molecule has 1 heterocycles. The third kappa shape index (κ3) is 9.25. The predicted octanol–water partition coefficient (Wildman–Crippen LogP) is -0.625. The average Bonchev–Trinajstić information content (AvgIpc) is 2.71. The first-order valence-corrected chi connectivity index (χ1v) is 14.0. The Hall–Kier alpha value is -0.0300. The highest BCUT2D eigenvalue weighted by molar-refractivity contribution is 7.90. The number of quaternary nitrogens is 1. The van der Waals surface area contributed by atoms with Gasteiger partial charge in [-0.1, -0.05) is 6.92 Å². The predicted molar refractivity (Wildman–Crippen MR) is 95.2 cm³/mol. The third-order valence-electron chi connectivity index (χ3n) is 5.05. The second-order valence-corrected chi connectivity index (χ2v) is 12.9. The summed E-state index contributed by atoms with van der Waals surface area (Å²) in [6, 6.07) is 0. The molecule has 26 heavy (non-hydrogen) atoms. The Balaban J connectivity index is 2.90. The molecule has 9 nitrogen and oxygen atoms in total. The maximum absolute atomic E-state index is 11.7. The van der Waals surface area contributed by atoms with Crippen molar-refractivity contribution in [2.24, 2.45) is 11.8 Å². The Morgan fingerprint density at radius 1 is 1.12 bits per heavy atom. The van der Waals surface area contributed by atoms with E-state index >= 15 is 0 Å². The van der Waals surface area contributed by atoms with Crippen molar-refractivity contribution in [2.75, 3.05) is 50.1 Å². The molecule has 1 fully saturated rings. The van der Waals surface area contributed by atoms with Crippen LogP contribution in [-0.4, -0.2) is 80.9 Å². The summed E-state index contributed by atoms with van der Waals surface area (Å²) in [5.74, 6) is -0.430. The Bertz CT molecular complexity index is 717. The van der Waals surface area contributed by atoms with E-state index in [0.717, 1.165) is 6.42 Å². The van der Waals surface area contributed by atoms with Crippen LogP contribution in [-0.2, 0) is 24.5 Å². The molecule has 0 bridgehead atoms. The van der Waals surface area contributed by atoms with Gasteiger partial charge in [0.25, 0.3) is 0 Å². The van der Waals surface area contributed by atoms with E-state index in [1.807, 2.05) is 6.92 Å². The number of hydrogen-bond donors (Lipinski definition) is 1. The fourth-order valence-electron chi connectivity index (χ4n) is 4.07. The molecule has 0 radical (unpaired) electrons. The van der Waals surface area contributed by atoms with Gasteiger partial charge in [0.15, 0.2) is 0 Å². The van der Waals surface area contributed by atoms with Crippen molar-refractivity contribution in [2.45, 2.75) is 26.2 Å². The van der Waals surface area contributed by atoms with Crippen LogP contribution in [0.2, 0.25) is 0 Å². The molecule has 0 aliphatic carbocycles. The molecule has 4 atom stereocenters. The number of rotatable bonds is 11. The van der Waals surface area contributed by atoms with Gasteiger partial charge in [-0.15, -0.1) is 0 Å². The van der Waals surface area contributed by atoms with Gasteiger partial charge in [0.1, 0.15) is 17.4 Å². The monoisotopic (exact) mass is 434 g/mol. The number of sulfone groups is 1. The normalized spacial score (nSPS) is 29.6. The van der Waals surface area contributed by atoms with E-state index in [2.05, 4.69) is 0 Å². The molecule has 12 heteroatoms. The Morgan fingerprint density at radius 3 is 2.12 bits per heavy atom. The molecular weight excluding hydrogens is 405 g/mol. The quantitative estimate of drug-likeness (QED) is 0.256. The summed E-state index contributed by atoms with van der Waals surface area (Å²) in [6.07, 6.45) is 1.90. The minimum Gasteiger partial charge on any atom is -0.779 e. The standard InChI is InChI=1S/C14H30NO8PS2/c1-3-13-10-15(6-4-8-24(16,17)18,7-5-9-26(21,22)23)11-14(13)12-25(2,19)20/h13-14H,3-12H2,1-2H3,(H2-,16,17,18,21,22,23)/p-1. The van der Waals surface area contributed by atoms with Gasteiger partial charge in [-0.3, -0.25) is 0 Å². The topological polar surface area (TPSA) is 152 Å². The molecule has 0 aromatic rings. The zero-order valence-electron chi connectivity index (χ0n) is 15.2. The molecule has 1 N–H and O–H groups in total. The Labute approximate surface area is 156 Å². The maximum atomic E-state index is 11.7. The lowest BCUT2D eigenvalue weighted by molar-refractivity contribution is -0.919. The van der Waals surface area contributed by atoms with Gasteiger partial charge in [0, 0.05) is 42.8 Å². The molecule has 156 valence electrons. The molecule has 0 amide bonds. The first kappa shape index (κ1) is 24.0. The molecule has 4 unspecified atom stereocenters. The minimum absolute atomic E-state index is 0.0331. The Kier molecular flexibility index (Phi) is 8.29. The van der Waals surface area contributed by atoms with Crippen molar-refractivity contribution in [3.8, 4) is 0 Å². The van der Waals surface area contributed by atoms with Crippen LogP contribution in [0.3, 0.4) is 0 Å². The van der Waals surface area contributed by atoms with E-state index in [4.69, 9.17) is 4.89 Å². The van der Waals surface area contributed by atoms with Crippen LogP contribution in [0, 0.1) is 11.8 Å².